The van der Waals surface area contributed by atoms with Crippen LogP contribution in [-0.2, 0) is 11.3 Å². The van der Waals surface area contributed by atoms with E-state index >= 15 is 0 Å². The Morgan fingerprint density at radius 3 is 2.61 bits per heavy atom. The molecule has 1 unspecified atom stereocenters. The van der Waals surface area contributed by atoms with Gasteiger partial charge in [0, 0.05) is 25.7 Å². The first-order valence-corrected chi connectivity index (χ1v) is 9.83. The highest BCUT2D eigenvalue weighted by Crippen LogP contribution is 2.33. The van der Waals surface area contributed by atoms with E-state index in [9.17, 15) is 19.6 Å². The van der Waals surface area contributed by atoms with E-state index in [1.54, 1.807) is 25.2 Å². The summed E-state index contributed by atoms with van der Waals surface area (Å²) in [4.78, 5) is 14.8. The van der Waals surface area contributed by atoms with Gasteiger partial charge in [0.15, 0.2) is 0 Å². The van der Waals surface area contributed by atoms with E-state index in [1.165, 1.54) is 24.1 Å². The highest BCUT2D eigenvalue weighted by atomic mass is 19.1. The van der Waals surface area contributed by atoms with Crippen molar-refractivity contribution in [2.75, 3.05) is 27.3 Å². The molecule has 0 radical (unpaired) electrons. The number of hydrogen-bond acceptors (Lipinski definition) is 5. The SMILES string of the molecule is COc1c(C#N)cc2ccccc2c1CN(C)C(=O)C(NCCO)c1ccc(F)cc1. The molecule has 0 saturated heterocycles. The normalized spacial score (nSPS) is 11.7. The molecule has 3 aromatic carbocycles. The summed E-state index contributed by atoms with van der Waals surface area (Å²) in [5, 5.41) is 23.6. The van der Waals surface area contributed by atoms with Crippen LogP contribution in [0.25, 0.3) is 10.8 Å². The zero-order chi connectivity index (χ0) is 22.4. The molecule has 0 heterocycles. The summed E-state index contributed by atoms with van der Waals surface area (Å²) in [6, 6.07) is 16.5. The van der Waals surface area contributed by atoms with E-state index in [0.29, 0.717) is 16.9 Å². The molecule has 0 saturated carbocycles. The Hall–Kier alpha value is -3.47. The molecular formula is C24H24FN3O3. The van der Waals surface area contributed by atoms with Gasteiger partial charge in [-0.25, -0.2) is 4.39 Å². The first-order chi connectivity index (χ1) is 15.0. The third-order valence-electron chi connectivity index (χ3n) is 5.11. The van der Waals surface area contributed by atoms with Crippen molar-refractivity contribution in [3.63, 3.8) is 0 Å². The third-order valence-corrected chi connectivity index (χ3v) is 5.11. The molecule has 0 fully saturated rings. The van der Waals surface area contributed by atoms with Crippen molar-refractivity contribution in [1.29, 1.82) is 5.26 Å². The number of methoxy groups -OCH3 is 1. The number of hydrogen-bond donors (Lipinski definition) is 2. The number of rotatable bonds is 8. The van der Waals surface area contributed by atoms with Crippen LogP contribution in [0.4, 0.5) is 4.39 Å². The Labute approximate surface area is 180 Å². The topological polar surface area (TPSA) is 85.6 Å². The smallest absolute Gasteiger partial charge is 0.244 e. The molecule has 0 aliphatic heterocycles. The number of aliphatic hydroxyl groups is 1. The second kappa shape index (κ2) is 10.0. The number of carbonyl (C=O) groups excluding carboxylic acids is 1. The average molecular weight is 421 g/mol. The van der Waals surface area contributed by atoms with Crippen molar-refractivity contribution in [1.82, 2.24) is 10.2 Å². The van der Waals surface area contributed by atoms with Crippen LogP contribution in [0.15, 0.2) is 54.6 Å². The molecule has 31 heavy (non-hydrogen) atoms. The van der Waals surface area contributed by atoms with Crippen LogP contribution in [0.5, 0.6) is 5.75 Å². The van der Waals surface area contributed by atoms with E-state index in [2.05, 4.69) is 11.4 Å². The van der Waals surface area contributed by atoms with Crippen LogP contribution in [0, 0.1) is 17.1 Å². The predicted octanol–water partition coefficient (Wildman–Crippen LogP) is 3.14. The minimum Gasteiger partial charge on any atom is -0.495 e. The first-order valence-electron chi connectivity index (χ1n) is 9.83. The summed E-state index contributed by atoms with van der Waals surface area (Å²) in [5.41, 5.74) is 1.72. The quantitative estimate of drug-likeness (QED) is 0.584. The number of halogens is 1. The summed E-state index contributed by atoms with van der Waals surface area (Å²) >= 11 is 0. The lowest BCUT2D eigenvalue weighted by atomic mass is 9.98. The van der Waals surface area contributed by atoms with Gasteiger partial charge in [-0.2, -0.15) is 5.26 Å². The molecule has 160 valence electrons. The molecule has 1 amide bonds. The molecule has 0 aliphatic rings. The van der Waals surface area contributed by atoms with Crippen molar-refractivity contribution in [2.45, 2.75) is 12.6 Å². The van der Waals surface area contributed by atoms with Crippen LogP contribution in [0.2, 0.25) is 0 Å². The van der Waals surface area contributed by atoms with Crippen molar-refractivity contribution in [3.8, 4) is 11.8 Å². The molecule has 3 aromatic rings. The van der Waals surface area contributed by atoms with E-state index in [-0.39, 0.29) is 25.6 Å². The fourth-order valence-corrected chi connectivity index (χ4v) is 3.62. The van der Waals surface area contributed by atoms with Gasteiger partial charge < -0.3 is 14.7 Å². The maximum Gasteiger partial charge on any atom is 0.244 e. The van der Waals surface area contributed by atoms with Crippen molar-refractivity contribution < 1.29 is 19.0 Å². The molecular weight excluding hydrogens is 397 g/mol. The monoisotopic (exact) mass is 421 g/mol. The summed E-state index contributed by atoms with van der Waals surface area (Å²) in [6.45, 7) is 0.270. The number of benzene rings is 3. The van der Waals surface area contributed by atoms with Crippen LogP contribution in [0.1, 0.15) is 22.7 Å². The molecule has 0 aromatic heterocycles. The first kappa shape index (κ1) is 22.2. The van der Waals surface area contributed by atoms with Crippen LogP contribution in [-0.4, -0.2) is 43.2 Å². The van der Waals surface area contributed by atoms with Gasteiger partial charge in [-0.1, -0.05) is 36.4 Å². The minimum absolute atomic E-state index is 0.142. The van der Waals surface area contributed by atoms with Crippen molar-refractivity contribution >= 4 is 16.7 Å². The maximum atomic E-state index is 13.4. The average Bonchev–Trinajstić information content (AvgIpc) is 2.79. The van der Waals surface area contributed by atoms with E-state index in [4.69, 9.17) is 4.74 Å². The number of nitriles is 1. The number of aliphatic hydroxyl groups excluding tert-OH is 1. The van der Waals surface area contributed by atoms with Gasteiger partial charge in [0.1, 0.15) is 23.7 Å². The Balaban J connectivity index is 1.98. The highest BCUT2D eigenvalue weighted by molar-refractivity contribution is 5.90. The number of amides is 1. The Morgan fingerprint density at radius 2 is 1.97 bits per heavy atom. The lowest BCUT2D eigenvalue weighted by Crippen LogP contribution is -2.39. The molecule has 7 heteroatoms. The number of carbonyl (C=O) groups is 1. The predicted molar refractivity (Wildman–Crippen MR) is 116 cm³/mol. The minimum atomic E-state index is -0.755. The Kier molecular flexibility index (Phi) is 7.19. The lowest BCUT2D eigenvalue weighted by Gasteiger charge is -2.26. The Bertz CT molecular complexity index is 1110. The van der Waals surface area contributed by atoms with E-state index in [1.807, 2.05) is 24.3 Å². The van der Waals surface area contributed by atoms with Crippen LogP contribution < -0.4 is 10.1 Å². The standard InChI is InChI=1S/C24H24FN3O3/c1-28(24(30)22(27-11-12-29)16-7-9-19(25)10-8-16)15-21-20-6-4-3-5-17(20)13-18(14-26)23(21)31-2/h3-10,13,22,27,29H,11-12,15H2,1-2H3. The largest absolute Gasteiger partial charge is 0.495 e. The number of nitrogens with one attached hydrogen (secondary N) is 1. The molecule has 6 nitrogen and oxygen atoms in total. The zero-order valence-electron chi connectivity index (χ0n) is 17.4. The molecule has 3 rings (SSSR count). The lowest BCUT2D eigenvalue weighted by molar-refractivity contribution is -0.132. The van der Waals surface area contributed by atoms with Gasteiger partial charge in [0.2, 0.25) is 5.91 Å². The fourth-order valence-electron chi connectivity index (χ4n) is 3.62. The van der Waals surface area contributed by atoms with Crippen molar-refractivity contribution in [2.24, 2.45) is 0 Å². The molecule has 0 aliphatic carbocycles. The second-order valence-corrected chi connectivity index (χ2v) is 7.13. The number of fused-ring (bicyclic) bond motifs is 1. The summed E-state index contributed by atoms with van der Waals surface area (Å²) < 4.78 is 18.9. The van der Waals surface area contributed by atoms with Gasteiger partial charge in [0.05, 0.1) is 19.3 Å². The van der Waals surface area contributed by atoms with Crippen LogP contribution in [0.3, 0.4) is 0 Å². The second-order valence-electron chi connectivity index (χ2n) is 7.13. The highest BCUT2D eigenvalue weighted by Gasteiger charge is 2.25. The molecule has 0 bridgehead atoms. The van der Waals surface area contributed by atoms with Crippen LogP contribution >= 0.6 is 0 Å². The summed E-state index contributed by atoms with van der Waals surface area (Å²) in [7, 11) is 3.16. The van der Waals surface area contributed by atoms with Crippen molar-refractivity contribution in [3.05, 3.63) is 77.1 Å². The van der Waals surface area contributed by atoms with Gasteiger partial charge in [-0.15, -0.1) is 0 Å². The molecule has 0 spiro atoms. The summed E-state index contributed by atoms with van der Waals surface area (Å²) in [6.07, 6.45) is 0. The zero-order valence-corrected chi connectivity index (χ0v) is 17.4. The van der Waals surface area contributed by atoms with Gasteiger partial charge >= 0.3 is 0 Å². The number of nitrogens with zero attached hydrogens (tertiary/aromatic N) is 2. The van der Waals surface area contributed by atoms with E-state index in [0.717, 1.165) is 16.3 Å². The van der Waals surface area contributed by atoms with Gasteiger partial charge in [-0.3, -0.25) is 10.1 Å². The third kappa shape index (κ3) is 4.82. The van der Waals surface area contributed by atoms with Gasteiger partial charge in [0.25, 0.3) is 0 Å². The van der Waals surface area contributed by atoms with Gasteiger partial charge in [-0.05, 0) is 34.5 Å². The number of ether oxygens (including phenoxy) is 1. The van der Waals surface area contributed by atoms with E-state index < -0.39 is 11.9 Å². The summed E-state index contributed by atoms with van der Waals surface area (Å²) in [5.74, 6) is -0.217. The molecule has 2 N–H and O–H groups in total. The maximum absolute atomic E-state index is 13.4. The fraction of sp³-hybridized carbons (Fsp3) is 0.250. The molecule has 1 atom stereocenters. The number of likely N-dealkylation sites (N-methyl/N-ethyl adjacent to an activating group) is 1. The Morgan fingerprint density at radius 1 is 1.26 bits per heavy atom.